The monoisotopic (exact) mass is 279 g/mol. The zero-order valence-electron chi connectivity index (χ0n) is 10.4. The van der Waals surface area contributed by atoms with E-state index in [0.29, 0.717) is 17.0 Å². The van der Waals surface area contributed by atoms with Crippen LogP contribution in [0.25, 0.3) is 0 Å². The third kappa shape index (κ3) is 4.30. The van der Waals surface area contributed by atoms with Gasteiger partial charge in [0.2, 0.25) is 0 Å². The fourth-order valence-electron chi connectivity index (χ4n) is 1.93. The largest absolute Gasteiger partial charge is 0.393 e. The average Bonchev–Trinajstić information content (AvgIpc) is 2.42. The van der Waals surface area contributed by atoms with Crippen LogP contribution in [0.3, 0.4) is 0 Å². The van der Waals surface area contributed by atoms with Gasteiger partial charge in [0.1, 0.15) is 5.82 Å². The summed E-state index contributed by atoms with van der Waals surface area (Å²) in [7, 11) is 0. The van der Waals surface area contributed by atoms with E-state index in [-0.39, 0.29) is 12.2 Å². The standard InChI is InChI=1S/C15H15ClFNO/c16-13-4-6-15(17)12(8-13)9-14(19)5-3-11-2-1-7-18-10-11/h1-2,4,6-8,10,14,19H,3,5,9H2. The molecule has 1 atom stereocenters. The average molecular weight is 280 g/mol. The molecule has 0 saturated carbocycles. The maximum atomic E-state index is 13.5. The zero-order chi connectivity index (χ0) is 13.7. The Labute approximate surface area is 116 Å². The molecular formula is C15H15ClFNO. The summed E-state index contributed by atoms with van der Waals surface area (Å²) in [6.07, 6.45) is 4.45. The van der Waals surface area contributed by atoms with Crippen molar-refractivity contribution in [3.05, 3.63) is 64.7 Å². The first-order valence-electron chi connectivity index (χ1n) is 6.16. The fraction of sp³-hybridized carbons (Fsp3) is 0.267. The number of benzene rings is 1. The van der Waals surface area contributed by atoms with Crippen LogP contribution in [-0.2, 0) is 12.8 Å². The maximum Gasteiger partial charge on any atom is 0.126 e. The number of aryl methyl sites for hydroxylation is 1. The van der Waals surface area contributed by atoms with Crippen LogP contribution in [0.2, 0.25) is 5.02 Å². The molecule has 0 fully saturated rings. The number of aliphatic hydroxyl groups is 1. The predicted molar refractivity (Wildman–Crippen MR) is 73.7 cm³/mol. The lowest BCUT2D eigenvalue weighted by Gasteiger charge is -2.11. The lowest BCUT2D eigenvalue weighted by Crippen LogP contribution is -2.12. The molecule has 19 heavy (non-hydrogen) atoms. The molecule has 0 aliphatic rings. The molecular weight excluding hydrogens is 265 g/mol. The van der Waals surface area contributed by atoms with Crippen LogP contribution in [0.1, 0.15) is 17.5 Å². The highest BCUT2D eigenvalue weighted by atomic mass is 35.5. The van der Waals surface area contributed by atoms with E-state index in [2.05, 4.69) is 4.98 Å². The lowest BCUT2D eigenvalue weighted by atomic mass is 10.0. The molecule has 1 unspecified atom stereocenters. The SMILES string of the molecule is OC(CCc1cccnc1)Cc1cc(Cl)ccc1F. The van der Waals surface area contributed by atoms with Gasteiger partial charge in [0, 0.05) is 23.8 Å². The van der Waals surface area contributed by atoms with E-state index in [1.807, 2.05) is 12.1 Å². The van der Waals surface area contributed by atoms with Crippen molar-refractivity contribution in [1.29, 1.82) is 0 Å². The van der Waals surface area contributed by atoms with E-state index < -0.39 is 6.10 Å². The highest BCUT2D eigenvalue weighted by Gasteiger charge is 2.10. The highest BCUT2D eigenvalue weighted by Crippen LogP contribution is 2.17. The van der Waals surface area contributed by atoms with E-state index in [1.54, 1.807) is 18.5 Å². The Morgan fingerprint density at radius 3 is 2.89 bits per heavy atom. The van der Waals surface area contributed by atoms with Gasteiger partial charge in [-0.2, -0.15) is 0 Å². The van der Waals surface area contributed by atoms with Crippen LogP contribution in [0.4, 0.5) is 4.39 Å². The van der Waals surface area contributed by atoms with Gasteiger partial charge in [-0.3, -0.25) is 4.98 Å². The van der Waals surface area contributed by atoms with E-state index in [4.69, 9.17) is 11.6 Å². The zero-order valence-corrected chi connectivity index (χ0v) is 11.1. The topological polar surface area (TPSA) is 33.1 Å². The third-order valence-electron chi connectivity index (χ3n) is 2.95. The first kappa shape index (κ1) is 14.0. The van der Waals surface area contributed by atoms with Gasteiger partial charge in [-0.15, -0.1) is 0 Å². The molecule has 1 N–H and O–H groups in total. The Bertz CT molecular complexity index is 533. The summed E-state index contributed by atoms with van der Waals surface area (Å²) in [4.78, 5) is 4.01. The van der Waals surface area contributed by atoms with Crippen molar-refractivity contribution in [3.63, 3.8) is 0 Å². The minimum absolute atomic E-state index is 0.270. The number of aromatic nitrogens is 1. The van der Waals surface area contributed by atoms with Crippen LogP contribution in [0, 0.1) is 5.82 Å². The Morgan fingerprint density at radius 1 is 1.32 bits per heavy atom. The Kier molecular flexibility index (Phi) is 4.88. The summed E-state index contributed by atoms with van der Waals surface area (Å²) in [6, 6.07) is 8.20. The van der Waals surface area contributed by atoms with Gasteiger partial charge in [-0.1, -0.05) is 17.7 Å². The van der Waals surface area contributed by atoms with Crippen molar-refractivity contribution >= 4 is 11.6 Å². The molecule has 2 aromatic rings. The van der Waals surface area contributed by atoms with Gasteiger partial charge in [-0.25, -0.2) is 4.39 Å². The number of nitrogens with zero attached hydrogens (tertiary/aromatic N) is 1. The van der Waals surface area contributed by atoms with Crippen LogP contribution >= 0.6 is 11.6 Å². The van der Waals surface area contributed by atoms with E-state index in [1.165, 1.54) is 12.1 Å². The number of hydrogen-bond acceptors (Lipinski definition) is 2. The first-order valence-corrected chi connectivity index (χ1v) is 6.54. The summed E-state index contributed by atoms with van der Waals surface area (Å²) in [5.74, 6) is -0.329. The molecule has 4 heteroatoms. The summed E-state index contributed by atoms with van der Waals surface area (Å²) in [5.41, 5.74) is 1.51. The minimum atomic E-state index is -0.590. The number of aliphatic hydroxyl groups excluding tert-OH is 1. The van der Waals surface area contributed by atoms with Gasteiger partial charge in [-0.05, 0) is 48.2 Å². The summed E-state index contributed by atoms with van der Waals surface area (Å²) in [5, 5.41) is 10.4. The molecule has 0 amide bonds. The van der Waals surface area contributed by atoms with E-state index in [0.717, 1.165) is 12.0 Å². The number of pyridine rings is 1. The van der Waals surface area contributed by atoms with Crippen LogP contribution < -0.4 is 0 Å². The van der Waals surface area contributed by atoms with E-state index in [9.17, 15) is 9.50 Å². The molecule has 0 aliphatic carbocycles. The molecule has 0 spiro atoms. The first-order chi connectivity index (χ1) is 9.15. The second-order valence-electron chi connectivity index (χ2n) is 4.49. The molecule has 0 radical (unpaired) electrons. The van der Waals surface area contributed by atoms with Crippen molar-refractivity contribution in [3.8, 4) is 0 Å². The van der Waals surface area contributed by atoms with Crippen LogP contribution in [-0.4, -0.2) is 16.2 Å². The van der Waals surface area contributed by atoms with E-state index >= 15 is 0 Å². The third-order valence-corrected chi connectivity index (χ3v) is 3.19. The van der Waals surface area contributed by atoms with Gasteiger partial charge in [0.05, 0.1) is 6.10 Å². The van der Waals surface area contributed by atoms with Crippen molar-refractivity contribution < 1.29 is 9.50 Å². The Morgan fingerprint density at radius 2 is 2.16 bits per heavy atom. The molecule has 100 valence electrons. The molecule has 1 aromatic carbocycles. The van der Waals surface area contributed by atoms with Gasteiger partial charge < -0.3 is 5.11 Å². The van der Waals surface area contributed by atoms with Crippen molar-refractivity contribution in [2.75, 3.05) is 0 Å². The number of hydrogen-bond donors (Lipinski definition) is 1. The Hall–Kier alpha value is -1.45. The maximum absolute atomic E-state index is 13.5. The van der Waals surface area contributed by atoms with Crippen molar-refractivity contribution in [1.82, 2.24) is 4.98 Å². The van der Waals surface area contributed by atoms with Crippen molar-refractivity contribution in [2.24, 2.45) is 0 Å². The van der Waals surface area contributed by atoms with Crippen molar-refractivity contribution in [2.45, 2.75) is 25.4 Å². The molecule has 2 rings (SSSR count). The van der Waals surface area contributed by atoms with Crippen LogP contribution in [0.15, 0.2) is 42.7 Å². The van der Waals surface area contributed by atoms with Gasteiger partial charge in [0.25, 0.3) is 0 Å². The summed E-state index contributed by atoms with van der Waals surface area (Å²) >= 11 is 5.82. The smallest absolute Gasteiger partial charge is 0.126 e. The molecule has 0 aliphatic heterocycles. The quantitative estimate of drug-likeness (QED) is 0.910. The molecule has 0 saturated heterocycles. The second kappa shape index (κ2) is 6.64. The minimum Gasteiger partial charge on any atom is -0.393 e. The molecule has 1 aromatic heterocycles. The highest BCUT2D eigenvalue weighted by molar-refractivity contribution is 6.30. The molecule has 1 heterocycles. The van der Waals surface area contributed by atoms with Gasteiger partial charge in [0.15, 0.2) is 0 Å². The van der Waals surface area contributed by atoms with Crippen LogP contribution in [0.5, 0.6) is 0 Å². The number of halogens is 2. The Balaban J connectivity index is 1.90. The van der Waals surface area contributed by atoms with Gasteiger partial charge >= 0.3 is 0 Å². The summed E-state index contributed by atoms with van der Waals surface area (Å²) in [6.45, 7) is 0. The fourth-order valence-corrected chi connectivity index (χ4v) is 2.13. The number of rotatable bonds is 5. The predicted octanol–water partition coefficient (Wildman–Crippen LogP) is 3.41. The normalized spacial score (nSPS) is 12.4. The second-order valence-corrected chi connectivity index (χ2v) is 4.93. The molecule has 2 nitrogen and oxygen atoms in total. The lowest BCUT2D eigenvalue weighted by molar-refractivity contribution is 0.164. The molecule has 0 bridgehead atoms. The summed E-state index contributed by atoms with van der Waals surface area (Å²) < 4.78 is 13.5.